The Morgan fingerprint density at radius 1 is 0.810 bits per heavy atom. The van der Waals surface area contributed by atoms with Crippen molar-refractivity contribution in [3.8, 4) is 21.1 Å². The van der Waals surface area contributed by atoms with Gasteiger partial charge in [0.05, 0.1) is 0 Å². The van der Waals surface area contributed by atoms with Crippen molar-refractivity contribution in [2.45, 2.75) is 19.4 Å². The quantitative estimate of drug-likeness (QED) is 0.704. The molecule has 0 atom stereocenters. The van der Waals surface area contributed by atoms with Crippen LogP contribution in [0.1, 0.15) is 18.3 Å². The molecule has 2 aromatic carbocycles. The van der Waals surface area contributed by atoms with Gasteiger partial charge in [0.1, 0.15) is 0 Å². The third-order valence-electron chi connectivity index (χ3n) is 3.46. The maximum absolute atomic E-state index is 10.4. The van der Waals surface area contributed by atoms with E-state index in [9.17, 15) is 5.11 Å². The van der Waals surface area contributed by atoms with Gasteiger partial charge in [0.25, 0.3) is 0 Å². The number of rotatable bonds is 3. The van der Waals surface area contributed by atoms with Crippen LogP contribution in [0.15, 0.2) is 66.7 Å². The summed E-state index contributed by atoms with van der Waals surface area (Å²) in [5, 5.41) is 10.4. The Kier molecular flexibility index (Phi) is 3.86. The molecule has 0 bridgehead atoms. The summed E-state index contributed by atoms with van der Waals surface area (Å²) in [5.41, 5.74) is 2.97. The first kappa shape index (κ1) is 14.3. The van der Waals surface area contributed by atoms with E-state index in [-0.39, 0.29) is 14.5 Å². The Bertz CT molecular complexity index is 664. The van der Waals surface area contributed by atoms with Gasteiger partial charge in [-0.2, -0.15) is 0 Å². The van der Waals surface area contributed by atoms with Crippen LogP contribution in [0.2, 0.25) is 0 Å². The minimum atomic E-state index is -0.753. The molecular formula is C19H18OSe. The molecule has 1 N–H and O–H groups in total. The van der Waals surface area contributed by atoms with Gasteiger partial charge >= 0.3 is 131 Å². The van der Waals surface area contributed by atoms with Crippen LogP contribution in [0, 0.1) is 0 Å². The molecule has 21 heavy (non-hydrogen) atoms. The van der Waals surface area contributed by atoms with Crippen LogP contribution < -0.4 is 0 Å². The van der Waals surface area contributed by atoms with E-state index in [1.807, 2.05) is 26.0 Å². The monoisotopic (exact) mass is 342 g/mol. The van der Waals surface area contributed by atoms with Gasteiger partial charge in [-0.1, -0.05) is 0 Å². The van der Waals surface area contributed by atoms with Gasteiger partial charge in [-0.15, -0.1) is 0 Å². The van der Waals surface area contributed by atoms with E-state index in [1.54, 1.807) is 0 Å². The molecule has 0 aliphatic rings. The Balaban J connectivity index is 2.20. The van der Waals surface area contributed by atoms with Gasteiger partial charge in [-0.3, -0.25) is 0 Å². The second-order valence-corrected chi connectivity index (χ2v) is 7.85. The standard InChI is InChI=1S/C19H18OSe/c1-19(2,20)17-13-16(14-9-5-3-6-10-14)18(21-17)15-11-7-4-8-12-15/h3-13,20H,1-2H3. The summed E-state index contributed by atoms with van der Waals surface area (Å²) in [5.74, 6) is 0. The van der Waals surface area contributed by atoms with E-state index in [0.717, 1.165) is 4.44 Å². The molecule has 3 rings (SSSR count). The van der Waals surface area contributed by atoms with Gasteiger partial charge in [0.15, 0.2) is 0 Å². The minimum absolute atomic E-state index is 0.158. The zero-order chi connectivity index (χ0) is 14.9. The summed E-state index contributed by atoms with van der Waals surface area (Å²) in [4.78, 5) is 0. The van der Waals surface area contributed by atoms with Gasteiger partial charge in [-0.05, 0) is 0 Å². The van der Waals surface area contributed by atoms with Crippen molar-refractivity contribution in [3.05, 3.63) is 71.2 Å². The second-order valence-electron chi connectivity index (χ2n) is 5.64. The van der Waals surface area contributed by atoms with Crippen molar-refractivity contribution < 1.29 is 5.11 Å². The van der Waals surface area contributed by atoms with Crippen LogP contribution in [0.25, 0.3) is 21.1 Å². The van der Waals surface area contributed by atoms with Crippen LogP contribution in [-0.4, -0.2) is 19.6 Å². The Hall–Kier alpha value is -1.60. The predicted molar refractivity (Wildman–Crippen MR) is 89.5 cm³/mol. The van der Waals surface area contributed by atoms with Gasteiger partial charge < -0.3 is 0 Å². The molecule has 0 aliphatic carbocycles. The summed E-state index contributed by atoms with van der Waals surface area (Å²) in [6, 6.07) is 23.1. The third-order valence-corrected chi connectivity index (χ3v) is 6.60. The van der Waals surface area contributed by atoms with Crippen molar-refractivity contribution in [1.82, 2.24) is 0 Å². The molecule has 0 unspecified atom stereocenters. The fourth-order valence-corrected chi connectivity index (χ4v) is 4.82. The number of hydrogen-bond acceptors (Lipinski definition) is 1. The van der Waals surface area contributed by atoms with Crippen molar-refractivity contribution in [1.29, 1.82) is 0 Å². The molecule has 2 heteroatoms. The first-order chi connectivity index (χ1) is 10.1. The first-order valence-electron chi connectivity index (χ1n) is 7.03. The molecule has 0 radical (unpaired) electrons. The number of hydrogen-bond donors (Lipinski definition) is 1. The fourth-order valence-electron chi connectivity index (χ4n) is 2.33. The van der Waals surface area contributed by atoms with E-state index in [4.69, 9.17) is 0 Å². The summed E-state index contributed by atoms with van der Waals surface area (Å²) < 4.78 is 2.49. The third kappa shape index (κ3) is 3.03. The van der Waals surface area contributed by atoms with Crippen LogP contribution >= 0.6 is 0 Å². The molecule has 0 spiro atoms. The molecule has 0 amide bonds. The zero-order valence-electron chi connectivity index (χ0n) is 12.2. The normalized spacial score (nSPS) is 11.6. The summed E-state index contributed by atoms with van der Waals surface area (Å²) >= 11 is 0.158. The van der Waals surface area contributed by atoms with Crippen LogP contribution in [0.5, 0.6) is 0 Å². The van der Waals surface area contributed by atoms with Crippen molar-refractivity contribution in [2.75, 3.05) is 0 Å². The van der Waals surface area contributed by atoms with Crippen LogP contribution in [0.4, 0.5) is 0 Å². The average molecular weight is 341 g/mol. The molecule has 106 valence electrons. The SMILES string of the molecule is CC(C)(O)c1cc(-c2ccccc2)c(-c2ccccc2)[se]1. The Morgan fingerprint density at radius 3 is 1.86 bits per heavy atom. The van der Waals surface area contributed by atoms with Gasteiger partial charge in [0, 0.05) is 0 Å². The van der Waals surface area contributed by atoms with Gasteiger partial charge in [0.2, 0.25) is 0 Å². The summed E-state index contributed by atoms with van der Waals surface area (Å²) in [7, 11) is 0. The molecule has 1 nitrogen and oxygen atoms in total. The molecule has 3 aromatic rings. The van der Waals surface area contributed by atoms with E-state index in [0.29, 0.717) is 0 Å². The fraction of sp³-hybridized carbons (Fsp3) is 0.158. The number of benzene rings is 2. The van der Waals surface area contributed by atoms with Crippen LogP contribution in [-0.2, 0) is 5.60 Å². The van der Waals surface area contributed by atoms with Crippen molar-refractivity contribution in [3.63, 3.8) is 0 Å². The van der Waals surface area contributed by atoms with E-state index in [1.165, 1.54) is 21.1 Å². The molecule has 1 heterocycles. The van der Waals surface area contributed by atoms with Crippen molar-refractivity contribution in [2.24, 2.45) is 0 Å². The topological polar surface area (TPSA) is 20.2 Å². The van der Waals surface area contributed by atoms with E-state index >= 15 is 0 Å². The average Bonchev–Trinajstić information content (AvgIpc) is 2.94. The van der Waals surface area contributed by atoms with Crippen molar-refractivity contribution >= 4 is 14.5 Å². The molecule has 0 saturated carbocycles. The molecule has 1 aromatic heterocycles. The molecule has 0 aliphatic heterocycles. The maximum atomic E-state index is 10.4. The first-order valence-corrected chi connectivity index (χ1v) is 8.74. The van der Waals surface area contributed by atoms with E-state index < -0.39 is 5.60 Å². The zero-order valence-corrected chi connectivity index (χ0v) is 13.9. The van der Waals surface area contributed by atoms with E-state index in [2.05, 4.69) is 54.6 Å². The molecular weight excluding hydrogens is 323 g/mol. The molecule has 0 fully saturated rings. The Morgan fingerprint density at radius 2 is 1.33 bits per heavy atom. The predicted octanol–water partition coefficient (Wildman–Crippen LogP) is 4.31. The Labute approximate surface area is 131 Å². The summed E-state index contributed by atoms with van der Waals surface area (Å²) in [6.45, 7) is 3.74. The summed E-state index contributed by atoms with van der Waals surface area (Å²) in [6.07, 6.45) is 0. The van der Waals surface area contributed by atoms with Gasteiger partial charge in [-0.25, -0.2) is 0 Å². The van der Waals surface area contributed by atoms with Crippen LogP contribution in [0.3, 0.4) is 0 Å². The number of aliphatic hydroxyl groups is 1. The molecule has 0 saturated heterocycles. The second kappa shape index (κ2) is 5.65.